The number of ether oxygens (including phenoxy) is 2. The molecule has 0 amide bonds. The Labute approximate surface area is 107 Å². The van der Waals surface area contributed by atoms with Crippen molar-refractivity contribution in [3.8, 4) is 0 Å². The van der Waals surface area contributed by atoms with Gasteiger partial charge in [-0.15, -0.1) is 0 Å². The molecular weight excluding hydrogens is 234 g/mol. The lowest BCUT2D eigenvalue weighted by Crippen LogP contribution is -2.17. The van der Waals surface area contributed by atoms with Crippen molar-refractivity contribution in [3.63, 3.8) is 0 Å². The summed E-state index contributed by atoms with van der Waals surface area (Å²) in [7, 11) is 1.48. The molecule has 0 bridgehead atoms. The van der Waals surface area contributed by atoms with Crippen LogP contribution in [0.5, 0.6) is 0 Å². The third kappa shape index (κ3) is 3.91. The highest BCUT2D eigenvalue weighted by Gasteiger charge is 2.21. The SMILES string of the molecule is CCOC(=O)C1=C(OC(C)C)CC(=NOC)C=C1. The summed E-state index contributed by atoms with van der Waals surface area (Å²) in [5, 5.41) is 3.84. The lowest BCUT2D eigenvalue weighted by atomic mass is 10.0. The Morgan fingerprint density at radius 3 is 2.72 bits per heavy atom. The van der Waals surface area contributed by atoms with E-state index in [1.807, 2.05) is 13.8 Å². The molecule has 0 spiro atoms. The van der Waals surface area contributed by atoms with E-state index < -0.39 is 0 Å². The van der Waals surface area contributed by atoms with Gasteiger partial charge in [-0.05, 0) is 32.9 Å². The van der Waals surface area contributed by atoms with Crippen LogP contribution in [0.4, 0.5) is 0 Å². The number of carbonyl (C=O) groups excluding carboxylic acids is 1. The molecular formula is C13H19NO4. The van der Waals surface area contributed by atoms with Crippen LogP contribution in [0.15, 0.2) is 28.6 Å². The van der Waals surface area contributed by atoms with E-state index in [1.165, 1.54) is 7.11 Å². The summed E-state index contributed by atoms with van der Waals surface area (Å²) in [5.41, 5.74) is 1.15. The monoisotopic (exact) mass is 253 g/mol. The minimum Gasteiger partial charge on any atom is -0.494 e. The van der Waals surface area contributed by atoms with Crippen molar-refractivity contribution in [2.75, 3.05) is 13.7 Å². The molecule has 1 aliphatic rings. The molecule has 0 saturated heterocycles. The third-order valence-electron chi connectivity index (χ3n) is 2.17. The molecule has 0 heterocycles. The zero-order chi connectivity index (χ0) is 13.5. The predicted octanol–water partition coefficient (Wildman–Crippen LogP) is 2.19. The fourth-order valence-corrected chi connectivity index (χ4v) is 1.55. The largest absolute Gasteiger partial charge is 0.494 e. The van der Waals surface area contributed by atoms with Crippen LogP contribution in [0.3, 0.4) is 0 Å². The summed E-state index contributed by atoms with van der Waals surface area (Å²) in [6, 6.07) is 0. The first-order valence-corrected chi connectivity index (χ1v) is 5.93. The Morgan fingerprint density at radius 1 is 1.44 bits per heavy atom. The molecule has 0 saturated carbocycles. The average molecular weight is 253 g/mol. The van der Waals surface area contributed by atoms with Gasteiger partial charge in [-0.25, -0.2) is 4.79 Å². The maximum atomic E-state index is 11.8. The van der Waals surface area contributed by atoms with E-state index in [4.69, 9.17) is 14.3 Å². The third-order valence-corrected chi connectivity index (χ3v) is 2.17. The van der Waals surface area contributed by atoms with Crippen molar-refractivity contribution in [2.24, 2.45) is 5.16 Å². The number of esters is 1. The van der Waals surface area contributed by atoms with Crippen LogP contribution < -0.4 is 0 Å². The first-order chi connectivity index (χ1) is 8.58. The topological polar surface area (TPSA) is 57.1 Å². The van der Waals surface area contributed by atoms with Gasteiger partial charge in [0.05, 0.1) is 30.4 Å². The van der Waals surface area contributed by atoms with E-state index in [-0.39, 0.29) is 12.1 Å². The molecule has 18 heavy (non-hydrogen) atoms. The van der Waals surface area contributed by atoms with E-state index in [1.54, 1.807) is 19.1 Å². The van der Waals surface area contributed by atoms with Gasteiger partial charge in [0.1, 0.15) is 12.9 Å². The molecule has 0 aromatic rings. The first kappa shape index (κ1) is 14.3. The summed E-state index contributed by atoms with van der Waals surface area (Å²) in [4.78, 5) is 16.5. The Morgan fingerprint density at radius 2 is 2.17 bits per heavy atom. The molecule has 5 nitrogen and oxygen atoms in total. The number of rotatable bonds is 5. The summed E-state index contributed by atoms with van der Waals surface area (Å²) in [5.74, 6) is 0.197. The molecule has 1 rings (SSSR count). The highest BCUT2D eigenvalue weighted by molar-refractivity contribution is 6.03. The lowest BCUT2D eigenvalue weighted by molar-refractivity contribution is -0.138. The molecule has 1 aliphatic carbocycles. The quantitative estimate of drug-likeness (QED) is 0.556. The Kier molecular flexibility index (Phi) is 5.42. The van der Waals surface area contributed by atoms with E-state index >= 15 is 0 Å². The molecule has 0 atom stereocenters. The van der Waals surface area contributed by atoms with Gasteiger partial charge >= 0.3 is 5.97 Å². The van der Waals surface area contributed by atoms with Crippen LogP contribution in [0.2, 0.25) is 0 Å². The summed E-state index contributed by atoms with van der Waals surface area (Å²) in [6.07, 6.45) is 3.79. The Bertz CT molecular complexity index is 394. The number of carbonyl (C=O) groups is 1. The van der Waals surface area contributed by atoms with E-state index in [0.717, 1.165) is 0 Å². The number of nitrogens with zero attached hydrogens (tertiary/aromatic N) is 1. The zero-order valence-electron chi connectivity index (χ0n) is 11.2. The molecule has 5 heteroatoms. The van der Waals surface area contributed by atoms with Gasteiger partial charge in [0.2, 0.25) is 0 Å². The van der Waals surface area contributed by atoms with Gasteiger partial charge in [-0.1, -0.05) is 5.16 Å². The van der Waals surface area contributed by atoms with Crippen molar-refractivity contribution in [3.05, 3.63) is 23.5 Å². The lowest BCUT2D eigenvalue weighted by Gasteiger charge is -2.19. The van der Waals surface area contributed by atoms with Gasteiger partial charge < -0.3 is 14.3 Å². The van der Waals surface area contributed by atoms with E-state index in [9.17, 15) is 4.79 Å². The number of hydrogen-bond acceptors (Lipinski definition) is 5. The standard InChI is InChI=1S/C13H19NO4/c1-5-17-13(15)11-7-6-10(14-16-4)8-12(11)18-9(2)3/h6-7,9H,5,8H2,1-4H3. The van der Waals surface area contributed by atoms with Crippen molar-refractivity contribution in [1.82, 2.24) is 0 Å². The van der Waals surface area contributed by atoms with Gasteiger partial charge in [-0.3, -0.25) is 0 Å². The fourth-order valence-electron chi connectivity index (χ4n) is 1.55. The molecule has 0 fully saturated rings. The average Bonchev–Trinajstić information content (AvgIpc) is 2.29. The molecule has 100 valence electrons. The van der Waals surface area contributed by atoms with Crippen molar-refractivity contribution < 1.29 is 19.1 Å². The van der Waals surface area contributed by atoms with Crippen LogP contribution in [-0.4, -0.2) is 31.5 Å². The molecule has 0 aromatic heterocycles. The second-order valence-corrected chi connectivity index (χ2v) is 4.00. The molecule has 0 aromatic carbocycles. The highest BCUT2D eigenvalue weighted by atomic mass is 16.6. The summed E-state index contributed by atoms with van der Waals surface area (Å²) in [6.45, 7) is 5.92. The first-order valence-electron chi connectivity index (χ1n) is 5.93. The molecule has 0 radical (unpaired) electrons. The van der Waals surface area contributed by atoms with Crippen molar-refractivity contribution >= 4 is 11.7 Å². The Balaban J connectivity index is 2.96. The fraction of sp³-hybridized carbons (Fsp3) is 0.538. The zero-order valence-corrected chi connectivity index (χ0v) is 11.2. The maximum absolute atomic E-state index is 11.8. The number of hydrogen-bond donors (Lipinski definition) is 0. The minimum absolute atomic E-state index is 0.0141. The van der Waals surface area contributed by atoms with Crippen LogP contribution in [0.1, 0.15) is 27.2 Å². The number of oxime groups is 1. The van der Waals surface area contributed by atoms with Gasteiger partial charge in [-0.2, -0.15) is 0 Å². The molecule has 0 N–H and O–H groups in total. The van der Waals surface area contributed by atoms with Crippen molar-refractivity contribution in [2.45, 2.75) is 33.3 Å². The smallest absolute Gasteiger partial charge is 0.341 e. The predicted molar refractivity (Wildman–Crippen MR) is 68.1 cm³/mol. The van der Waals surface area contributed by atoms with Crippen LogP contribution in [-0.2, 0) is 19.1 Å². The van der Waals surface area contributed by atoms with Crippen LogP contribution in [0.25, 0.3) is 0 Å². The van der Waals surface area contributed by atoms with E-state index in [2.05, 4.69) is 5.16 Å². The van der Waals surface area contributed by atoms with Gasteiger partial charge in [0, 0.05) is 0 Å². The van der Waals surface area contributed by atoms with Gasteiger partial charge in [0.15, 0.2) is 0 Å². The van der Waals surface area contributed by atoms with Crippen LogP contribution >= 0.6 is 0 Å². The Hall–Kier alpha value is -1.78. The summed E-state index contributed by atoms with van der Waals surface area (Å²) >= 11 is 0. The van der Waals surface area contributed by atoms with E-state index in [0.29, 0.717) is 30.1 Å². The second kappa shape index (κ2) is 6.83. The minimum atomic E-state index is -0.374. The normalized spacial score (nSPS) is 17.3. The van der Waals surface area contributed by atoms with Gasteiger partial charge in [0.25, 0.3) is 0 Å². The number of allylic oxidation sites excluding steroid dienone is 2. The highest BCUT2D eigenvalue weighted by Crippen LogP contribution is 2.21. The molecule has 0 unspecified atom stereocenters. The van der Waals surface area contributed by atoms with Crippen LogP contribution in [0, 0.1) is 0 Å². The molecule has 0 aliphatic heterocycles. The maximum Gasteiger partial charge on any atom is 0.341 e. The second-order valence-electron chi connectivity index (χ2n) is 4.00. The van der Waals surface area contributed by atoms with Crippen molar-refractivity contribution in [1.29, 1.82) is 0 Å². The summed E-state index contributed by atoms with van der Waals surface area (Å²) < 4.78 is 10.6.